The number of hydrogen-bond donors (Lipinski definition) is 0. The first-order valence-corrected chi connectivity index (χ1v) is 30.4. The van der Waals surface area contributed by atoms with Crippen molar-refractivity contribution in [1.82, 2.24) is 24.1 Å². The Labute approximate surface area is 563 Å². The molecule has 1 atom stereocenters. The SMILES string of the molecule is [2H]c1c([2H])c([2H])c([Si](c2ccc3c(c2)Oc2ccccc2C32c3ccc4c(oc5ccccc54)c3-c3c2ccc2oc4ccccc4c32)(c2c([2H])c([2H])c([2H])c([2H])c2[2H])c2c([2H])c([2H])c([2H])c(-c3nc(-n4c5c([2H])c([2H])c([2H])c([2H])c5c5c([2H])c([2H])c([2H])c([2H])c54)nc(-n4c5c([2H])c([2H])c([2H])c([2H])c5c5c([2H])c([2H])c([2H])c([2H])c54)n3)c2[2H])c([2H])c1[2H]. The Bertz CT molecular complexity index is 7540. The third-order valence-corrected chi connectivity index (χ3v) is 21.7. The Morgan fingerprint density at radius 3 is 1.53 bits per heavy atom. The molecule has 0 bridgehead atoms. The van der Waals surface area contributed by atoms with Gasteiger partial charge in [-0.3, -0.25) is 9.13 Å². The lowest BCUT2D eigenvalue weighted by atomic mass is 9.66. The van der Waals surface area contributed by atoms with Crippen LogP contribution in [0.1, 0.15) is 63.4 Å². The Morgan fingerprint density at radius 2 is 0.879 bits per heavy atom. The highest BCUT2D eigenvalue weighted by atomic mass is 28.3. The molecule has 2 aliphatic rings. The quantitative estimate of drug-likeness (QED) is 0.117. The third kappa shape index (κ3) is 6.79. The molecule has 1 unspecified atom stereocenters. The summed E-state index contributed by atoms with van der Waals surface area (Å²) in [6.07, 6.45) is 0. The second kappa shape index (κ2) is 18.8. The molecular weight excluding hydrogens is 1130 g/mol. The highest BCUT2D eigenvalue weighted by Crippen LogP contribution is 2.65. The maximum Gasteiger partial charge on any atom is 0.240 e. The van der Waals surface area contributed by atoms with Crippen molar-refractivity contribution < 1.29 is 54.7 Å². The molecule has 8 nitrogen and oxygen atoms in total. The van der Waals surface area contributed by atoms with Gasteiger partial charge in [-0.1, -0.05) is 242 Å². The summed E-state index contributed by atoms with van der Waals surface area (Å²) in [6, 6.07) is 3.59. The van der Waals surface area contributed by atoms with Crippen LogP contribution < -0.4 is 25.5 Å². The molecule has 6 heterocycles. The van der Waals surface area contributed by atoms with E-state index in [1.54, 1.807) is 18.2 Å². The van der Waals surface area contributed by atoms with E-state index < -0.39 is 277 Å². The van der Waals surface area contributed by atoms with Gasteiger partial charge in [0.15, 0.2) is 13.9 Å². The Balaban J connectivity index is 0.977. The highest BCUT2D eigenvalue weighted by molar-refractivity contribution is 7.20. The first-order valence-electron chi connectivity index (χ1n) is 43.4. The van der Waals surface area contributed by atoms with Crippen LogP contribution in [0.15, 0.2) is 305 Å². The average Bonchev–Trinajstić information content (AvgIpc) is 1.64. The maximum absolute atomic E-state index is 11.3. The second-order valence-electron chi connectivity index (χ2n) is 21.8. The summed E-state index contributed by atoms with van der Waals surface area (Å²) < 4.78 is 310. The number of hydrogen-bond acceptors (Lipinski definition) is 6. The van der Waals surface area contributed by atoms with Gasteiger partial charge in [0.25, 0.3) is 0 Å². The lowest BCUT2D eigenvalue weighted by Gasteiger charge is -2.41. The number of aromatic nitrogens is 5. The fourth-order valence-electron chi connectivity index (χ4n) is 14.0. The molecule has 0 amide bonds. The monoisotopic (exact) mass is 1210 g/mol. The number of fused-ring (bicyclic) bond motifs is 23. The molecule has 0 N–H and O–H groups in total. The second-order valence-corrected chi connectivity index (χ2v) is 25.4. The van der Waals surface area contributed by atoms with Crippen molar-refractivity contribution in [2.45, 2.75) is 5.41 Å². The molecule has 18 aromatic rings. The van der Waals surface area contributed by atoms with E-state index in [0.29, 0.717) is 61.1 Å². The van der Waals surface area contributed by atoms with Gasteiger partial charge in [-0.25, -0.2) is 0 Å². The van der Waals surface area contributed by atoms with Crippen LogP contribution in [0.3, 0.4) is 0 Å². The number of nitrogens with zero attached hydrogens (tertiary/aromatic N) is 5. The number of furan rings is 2. The summed E-state index contributed by atoms with van der Waals surface area (Å²) in [5, 5.41) is -2.45. The molecule has 91 heavy (non-hydrogen) atoms. The molecule has 0 fully saturated rings. The van der Waals surface area contributed by atoms with Crippen LogP contribution >= 0.6 is 0 Å². The van der Waals surface area contributed by atoms with Crippen molar-refractivity contribution in [2.75, 3.05) is 0 Å². The van der Waals surface area contributed by atoms with Crippen LogP contribution in [0.2, 0.25) is 0 Å². The van der Waals surface area contributed by atoms with Gasteiger partial charge in [0.1, 0.15) is 33.8 Å². The van der Waals surface area contributed by atoms with Crippen molar-refractivity contribution in [3.63, 3.8) is 0 Å². The summed E-state index contributed by atoms with van der Waals surface area (Å²) in [7, 11) is -6.30. The van der Waals surface area contributed by atoms with Crippen LogP contribution in [0.25, 0.3) is 122 Å². The highest BCUT2D eigenvalue weighted by Gasteiger charge is 2.54. The standard InChI is InChI=1S/C82H49N5O3Si/c1-3-23-51(24-4-1)91(52-25-5-2-6-26-52,53-27-21-22-50(48-53)79-83-80(86-66-35-14-7-28-55(66)56-29-8-15-36-67(56)86)85-81(84-79)87-68-37-16-9-30-57(68)58-31-10-17-38-69(58)87)54-42-44-63-74(49-54)89-72-41-20-13-34-62(72)82(63)64-46-47-73-75(61-33-12-19-40-71(61)88-73)76(64)77-65(82)45-43-60-59-32-11-18-39-70(59)90-78(60)77/h1-49H/i1D,2D,3D,4D,5D,6D,7D,8D,9D,10D,14D,15D,16D,17D,21D,22D,23D,24D,25D,26D,27D,28D,29D,30D,31D,35D,36D,37D,38D,48D. The van der Waals surface area contributed by atoms with Gasteiger partial charge in [-0.15, -0.1) is 0 Å². The van der Waals surface area contributed by atoms with Crippen molar-refractivity contribution in [1.29, 1.82) is 0 Å². The molecule has 20 rings (SSSR count). The van der Waals surface area contributed by atoms with E-state index in [1.165, 1.54) is 12.1 Å². The van der Waals surface area contributed by atoms with Crippen LogP contribution in [-0.4, -0.2) is 32.2 Å². The molecule has 13 aromatic carbocycles. The summed E-state index contributed by atoms with van der Waals surface area (Å²) >= 11 is 0. The molecule has 424 valence electrons. The maximum atomic E-state index is 11.3. The number of rotatable bonds is 7. The predicted octanol–water partition coefficient (Wildman–Crippen LogP) is 17.4. The summed E-state index contributed by atoms with van der Waals surface area (Å²) in [5.74, 6) is -3.05. The van der Waals surface area contributed by atoms with Crippen LogP contribution in [0.5, 0.6) is 11.5 Å². The zero-order valence-corrected chi connectivity index (χ0v) is 47.4. The Kier molecular flexibility index (Phi) is 6.07. The van der Waals surface area contributed by atoms with Crippen molar-refractivity contribution in [3.05, 3.63) is 319 Å². The van der Waals surface area contributed by atoms with Crippen molar-refractivity contribution >= 4 is 116 Å². The van der Waals surface area contributed by atoms with E-state index in [1.807, 2.05) is 84.9 Å². The van der Waals surface area contributed by atoms with Gasteiger partial charge in [0, 0.05) is 70.9 Å². The van der Waals surface area contributed by atoms with Gasteiger partial charge in [-0.05, 0) is 86.4 Å². The van der Waals surface area contributed by atoms with Crippen LogP contribution in [-0.2, 0) is 5.41 Å². The Morgan fingerprint density at radius 1 is 0.363 bits per heavy atom. The van der Waals surface area contributed by atoms with Gasteiger partial charge in [0.05, 0.1) is 68.6 Å². The fourth-order valence-corrected chi connectivity index (χ4v) is 17.8. The minimum Gasteiger partial charge on any atom is -0.457 e. The van der Waals surface area contributed by atoms with E-state index in [0.717, 1.165) is 25.3 Å². The fraction of sp³-hybridized carbons (Fsp3) is 0.0122. The molecule has 1 aliphatic heterocycles. The van der Waals surface area contributed by atoms with Gasteiger partial charge < -0.3 is 13.6 Å². The Hall–Kier alpha value is -11.9. The van der Waals surface area contributed by atoms with Crippen molar-refractivity contribution in [3.8, 4) is 45.9 Å². The average molecular weight is 1210 g/mol. The minimum absolute atomic E-state index is 0.106. The summed E-state index contributed by atoms with van der Waals surface area (Å²) in [4.78, 5) is 14.4. The summed E-state index contributed by atoms with van der Waals surface area (Å²) in [5.41, 5.74) is 0.263. The number of ether oxygens (including phenoxy) is 1. The summed E-state index contributed by atoms with van der Waals surface area (Å²) in [6.45, 7) is 0. The smallest absolute Gasteiger partial charge is 0.240 e. The van der Waals surface area contributed by atoms with Crippen LogP contribution in [0.4, 0.5) is 0 Å². The molecule has 1 spiro atoms. The van der Waals surface area contributed by atoms with Gasteiger partial charge >= 0.3 is 0 Å². The van der Waals surface area contributed by atoms with Crippen LogP contribution in [0, 0.1) is 0 Å². The normalized spacial score (nSPS) is 18.9. The molecule has 0 saturated carbocycles. The lowest BCUT2D eigenvalue weighted by Crippen LogP contribution is -2.74. The van der Waals surface area contributed by atoms with E-state index in [-0.39, 0.29) is 16.7 Å². The number of benzene rings is 13. The van der Waals surface area contributed by atoms with E-state index in [2.05, 4.69) is 0 Å². The molecule has 0 saturated heterocycles. The molecular formula is C82H49N5O3Si. The zero-order chi connectivity index (χ0) is 85.6. The first-order chi connectivity index (χ1) is 57.6. The van der Waals surface area contributed by atoms with Gasteiger partial charge in [-0.2, -0.15) is 15.0 Å². The first kappa shape index (κ1) is 29.4. The van der Waals surface area contributed by atoms with E-state index in [4.69, 9.17) is 42.2 Å². The topological polar surface area (TPSA) is 84.0 Å². The molecule has 0 radical (unpaired) electrons. The van der Waals surface area contributed by atoms with Crippen molar-refractivity contribution in [2.24, 2.45) is 0 Å². The largest absolute Gasteiger partial charge is 0.457 e. The van der Waals surface area contributed by atoms with Gasteiger partial charge in [0.2, 0.25) is 11.9 Å². The number of para-hydroxylation sites is 7. The van der Waals surface area contributed by atoms with E-state index >= 15 is 0 Å². The lowest BCUT2D eigenvalue weighted by molar-refractivity contribution is 0.437. The molecule has 9 heteroatoms. The minimum atomic E-state index is -6.30. The zero-order valence-electron chi connectivity index (χ0n) is 76.4. The predicted molar refractivity (Wildman–Crippen MR) is 369 cm³/mol. The molecule has 1 aliphatic carbocycles. The molecule has 5 aromatic heterocycles. The third-order valence-electron chi connectivity index (χ3n) is 17.5. The van der Waals surface area contributed by atoms with E-state index in [9.17, 15) is 27.4 Å².